The quantitative estimate of drug-likeness (QED) is 0.659. The lowest BCUT2D eigenvalue weighted by molar-refractivity contribution is 0.401. The van der Waals surface area contributed by atoms with Gasteiger partial charge in [-0.3, -0.25) is 0 Å². The Labute approximate surface area is 150 Å². The number of aromatic nitrogens is 2. The highest BCUT2D eigenvalue weighted by atomic mass is 35.5. The Bertz CT molecular complexity index is 774. The van der Waals surface area contributed by atoms with Crippen LogP contribution >= 0.6 is 11.6 Å². The number of nitrogens with one attached hydrogen (secondary N) is 3. The molecule has 3 atom stereocenters. The summed E-state index contributed by atoms with van der Waals surface area (Å²) in [6.07, 6.45) is 10.6. The van der Waals surface area contributed by atoms with E-state index < -0.39 is 5.82 Å². The Balaban J connectivity index is 1.60. The number of anilines is 1. The molecule has 1 aromatic heterocycles. The molecule has 4 rings (SSSR count). The molecule has 1 fully saturated rings. The third kappa shape index (κ3) is 3.21. The van der Waals surface area contributed by atoms with Crippen molar-refractivity contribution < 1.29 is 4.39 Å². The number of dihydropyridines is 1. The van der Waals surface area contributed by atoms with Crippen LogP contribution in [-0.4, -0.2) is 28.2 Å². The summed E-state index contributed by atoms with van der Waals surface area (Å²) >= 11 is 6.08. The second kappa shape index (κ2) is 6.65. The third-order valence-electron chi connectivity index (χ3n) is 4.82. The summed E-state index contributed by atoms with van der Waals surface area (Å²) in [7, 11) is 0. The van der Waals surface area contributed by atoms with E-state index in [1.54, 1.807) is 6.20 Å². The van der Waals surface area contributed by atoms with Crippen LogP contribution < -0.4 is 21.7 Å². The zero-order valence-electron chi connectivity index (χ0n) is 13.6. The van der Waals surface area contributed by atoms with Crippen LogP contribution in [0.25, 0.3) is 5.57 Å². The summed E-state index contributed by atoms with van der Waals surface area (Å²) < 4.78 is 14.2. The Morgan fingerprint density at radius 2 is 2.04 bits per heavy atom. The van der Waals surface area contributed by atoms with E-state index in [-0.39, 0.29) is 24.1 Å². The second-order valence-corrected chi connectivity index (χ2v) is 6.98. The molecule has 0 amide bonds. The van der Waals surface area contributed by atoms with Gasteiger partial charge in [0.15, 0.2) is 17.5 Å². The minimum absolute atomic E-state index is 0.0116. The van der Waals surface area contributed by atoms with Crippen molar-refractivity contribution in [3.05, 3.63) is 46.9 Å². The Kier molecular flexibility index (Phi) is 4.35. The molecule has 25 heavy (non-hydrogen) atoms. The standard InChI is InChI=1S/C17H20ClFN6/c18-9-5-10-11(7-22-15(10)21-6-9)16-23-8-12(19)17(25-16)24-14-4-2-1-3-13(14)20/h5-8,13-15,21-22H,1-4,20H2,(H,23,24,25). The zero-order chi connectivity index (χ0) is 17.4. The van der Waals surface area contributed by atoms with Crippen molar-refractivity contribution in [1.29, 1.82) is 0 Å². The first kappa shape index (κ1) is 16.4. The van der Waals surface area contributed by atoms with E-state index in [1.807, 2.05) is 12.3 Å². The normalized spacial score (nSPS) is 28.1. The smallest absolute Gasteiger partial charge is 0.183 e. The highest BCUT2D eigenvalue weighted by Gasteiger charge is 2.28. The van der Waals surface area contributed by atoms with Crippen LogP contribution in [0.4, 0.5) is 10.2 Å². The minimum Gasteiger partial charge on any atom is -0.367 e. The molecule has 0 saturated heterocycles. The molecule has 2 aliphatic heterocycles. The number of hydrogen-bond donors (Lipinski definition) is 4. The number of rotatable bonds is 3. The molecule has 3 heterocycles. The Morgan fingerprint density at radius 1 is 1.24 bits per heavy atom. The summed E-state index contributed by atoms with van der Waals surface area (Å²) in [5.41, 5.74) is 7.87. The highest BCUT2D eigenvalue weighted by Crippen LogP contribution is 2.31. The second-order valence-electron chi connectivity index (χ2n) is 6.54. The molecule has 3 unspecified atom stereocenters. The molecule has 0 bridgehead atoms. The highest BCUT2D eigenvalue weighted by molar-refractivity contribution is 6.31. The third-order valence-corrected chi connectivity index (χ3v) is 5.04. The van der Waals surface area contributed by atoms with Gasteiger partial charge in [0, 0.05) is 35.6 Å². The maximum absolute atomic E-state index is 14.2. The zero-order valence-corrected chi connectivity index (χ0v) is 14.4. The molecule has 0 spiro atoms. The van der Waals surface area contributed by atoms with E-state index in [9.17, 15) is 4.39 Å². The lowest BCUT2D eigenvalue weighted by Crippen LogP contribution is -2.43. The van der Waals surface area contributed by atoms with Crippen molar-refractivity contribution in [3.8, 4) is 0 Å². The first-order valence-corrected chi connectivity index (χ1v) is 8.84. The Hall–Kier alpha value is -2.12. The summed E-state index contributed by atoms with van der Waals surface area (Å²) in [5, 5.41) is 10.1. The number of allylic oxidation sites excluding steroid dienone is 2. The average molecular weight is 363 g/mol. The van der Waals surface area contributed by atoms with E-state index in [1.165, 1.54) is 6.20 Å². The molecule has 0 aromatic carbocycles. The van der Waals surface area contributed by atoms with Crippen molar-refractivity contribution >= 4 is 23.0 Å². The predicted octanol–water partition coefficient (Wildman–Crippen LogP) is 2.18. The number of nitrogens with two attached hydrogens (primary N) is 1. The van der Waals surface area contributed by atoms with Gasteiger partial charge >= 0.3 is 0 Å². The SMILES string of the molecule is NC1CCCCC1Nc1nc(C2=CNC3NC=C(Cl)C=C23)ncc1F. The molecule has 1 saturated carbocycles. The molecule has 1 aromatic rings. The topological polar surface area (TPSA) is 87.9 Å². The van der Waals surface area contributed by atoms with Crippen LogP contribution in [0, 0.1) is 5.82 Å². The van der Waals surface area contributed by atoms with Gasteiger partial charge in [-0.1, -0.05) is 24.4 Å². The van der Waals surface area contributed by atoms with E-state index in [0.717, 1.165) is 36.8 Å². The van der Waals surface area contributed by atoms with Crippen LogP contribution in [0.15, 0.2) is 35.3 Å². The number of fused-ring (bicyclic) bond motifs is 1. The van der Waals surface area contributed by atoms with Crippen molar-refractivity contribution in [2.24, 2.45) is 5.73 Å². The van der Waals surface area contributed by atoms with Crippen molar-refractivity contribution in [2.75, 3.05) is 5.32 Å². The van der Waals surface area contributed by atoms with Crippen molar-refractivity contribution in [3.63, 3.8) is 0 Å². The molecule has 5 N–H and O–H groups in total. The predicted molar refractivity (Wildman–Crippen MR) is 95.9 cm³/mol. The van der Waals surface area contributed by atoms with Gasteiger partial charge in [0.05, 0.1) is 11.2 Å². The fourth-order valence-electron chi connectivity index (χ4n) is 3.45. The lowest BCUT2D eigenvalue weighted by atomic mass is 9.91. The Morgan fingerprint density at radius 3 is 2.88 bits per heavy atom. The molecule has 8 heteroatoms. The summed E-state index contributed by atoms with van der Waals surface area (Å²) in [6, 6.07) is 0.0416. The van der Waals surface area contributed by atoms with Gasteiger partial charge in [-0.15, -0.1) is 0 Å². The van der Waals surface area contributed by atoms with Crippen LogP contribution in [0.1, 0.15) is 31.5 Å². The molecule has 0 radical (unpaired) electrons. The molecule has 1 aliphatic carbocycles. The number of hydrogen-bond acceptors (Lipinski definition) is 6. The molecule has 6 nitrogen and oxygen atoms in total. The maximum Gasteiger partial charge on any atom is 0.183 e. The van der Waals surface area contributed by atoms with E-state index in [4.69, 9.17) is 17.3 Å². The summed E-state index contributed by atoms with van der Waals surface area (Å²) in [5.74, 6) is 0.170. The van der Waals surface area contributed by atoms with Gasteiger partial charge < -0.3 is 21.7 Å². The lowest BCUT2D eigenvalue weighted by Gasteiger charge is -2.29. The number of halogens is 2. The van der Waals surface area contributed by atoms with Crippen LogP contribution in [0.3, 0.4) is 0 Å². The van der Waals surface area contributed by atoms with Crippen LogP contribution in [-0.2, 0) is 0 Å². The van der Waals surface area contributed by atoms with E-state index >= 15 is 0 Å². The summed E-state index contributed by atoms with van der Waals surface area (Å²) in [4.78, 5) is 8.56. The average Bonchev–Trinajstić information content (AvgIpc) is 3.02. The van der Waals surface area contributed by atoms with E-state index in [0.29, 0.717) is 10.9 Å². The van der Waals surface area contributed by atoms with Crippen molar-refractivity contribution in [2.45, 2.75) is 43.9 Å². The molecule has 132 valence electrons. The van der Waals surface area contributed by atoms with Crippen LogP contribution in [0.2, 0.25) is 0 Å². The van der Waals surface area contributed by atoms with E-state index in [2.05, 4.69) is 25.9 Å². The molecular weight excluding hydrogens is 343 g/mol. The fraction of sp³-hybridized carbons (Fsp3) is 0.412. The number of nitrogens with zero attached hydrogens (tertiary/aromatic N) is 2. The minimum atomic E-state index is -0.474. The molecular formula is C17H20ClFN6. The summed E-state index contributed by atoms with van der Waals surface area (Å²) in [6.45, 7) is 0. The van der Waals surface area contributed by atoms with Gasteiger partial charge in [0.1, 0.15) is 6.17 Å². The monoisotopic (exact) mass is 362 g/mol. The van der Waals surface area contributed by atoms with Crippen molar-refractivity contribution in [1.82, 2.24) is 20.6 Å². The largest absolute Gasteiger partial charge is 0.367 e. The first-order chi connectivity index (χ1) is 12.1. The van der Waals surface area contributed by atoms with Gasteiger partial charge in [-0.05, 0) is 18.9 Å². The van der Waals surface area contributed by atoms with Gasteiger partial charge in [-0.25, -0.2) is 14.4 Å². The van der Waals surface area contributed by atoms with Gasteiger partial charge in [0.2, 0.25) is 0 Å². The van der Waals surface area contributed by atoms with Gasteiger partial charge in [-0.2, -0.15) is 0 Å². The fourth-order valence-corrected chi connectivity index (χ4v) is 3.63. The molecule has 3 aliphatic rings. The first-order valence-electron chi connectivity index (χ1n) is 8.47. The van der Waals surface area contributed by atoms with Crippen LogP contribution in [0.5, 0.6) is 0 Å². The van der Waals surface area contributed by atoms with Gasteiger partial charge in [0.25, 0.3) is 0 Å². The maximum atomic E-state index is 14.2.